The average Bonchev–Trinajstić information content (AvgIpc) is 3.19. The SMILES string of the molecule is BC1(O)CCC2(C)C(=CCC3C2C(O)CC2(C)C3CCC2C2(C)OCCO2)C1. The summed E-state index contributed by atoms with van der Waals surface area (Å²) in [7, 11) is 1.97. The molecule has 4 nitrogen and oxygen atoms in total. The van der Waals surface area contributed by atoms with Gasteiger partial charge in [-0.1, -0.05) is 25.5 Å². The molecule has 8 atom stereocenters. The zero-order valence-corrected chi connectivity index (χ0v) is 18.0. The van der Waals surface area contributed by atoms with E-state index in [1.807, 2.05) is 7.85 Å². The molecule has 156 valence electrons. The summed E-state index contributed by atoms with van der Waals surface area (Å²) in [5.74, 6) is 1.33. The Morgan fingerprint density at radius 3 is 2.54 bits per heavy atom. The summed E-state index contributed by atoms with van der Waals surface area (Å²) >= 11 is 0. The first-order valence-corrected chi connectivity index (χ1v) is 11.5. The van der Waals surface area contributed by atoms with E-state index in [4.69, 9.17) is 9.47 Å². The molecule has 0 aromatic rings. The molecule has 4 aliphatic carbocycles. The van der Waals surface area contributed by atoms with E-state index in [2.05, 4.69) is 26.8 Å². The lowest BCUT2D eigenvalue weighted by Gasteiger charge is -2.61. The Hall–Kier alpha value is -0.355. The van der Waals surface area contributed by atoms with E-state index < -0.39 is 11.3 Å². The molecule has 0 amide bonds. The highest BCUT2D eigenvalue weighted by molar-refractivity contribution is 6.14. The molecule has 0 spiro atoms. The van der Waals surface area contributed by atoms with Gasteiger partial charge in [0.1, 0.15) is 7.85 Å². The summed E-state index contributed by atoms with van der Waals surface area (Å²) in [4.78, 5) is 0. The fourth-order valence-electron chi connectivity index (χ4n) is 8.53. The maximum Gasteiger partial charge on any atom is 0.169 e. The van der Waals surface area contributed by atoms with Crippen LogP contribution in [0.1, 0.15) is 65.7 Å². The Bertz CT molecular complexity index is 684. The summed E-state index contributed by atoms with van der Waals surface area (Å²) < 4.78 is 12.2. The van der Waals surface area contributed by atoms with Crippen LogP contribution in [0, 0.1) is 34.5 Å². The van der Waals surface area contributed by atoms with Crippen LogP contribution in [0.2, 0.25) is 0 Å². The van der Waals surface area contributed by atoms with Crippen LogP contribution in [-0.4, -0.2) is 48.7 Å². The Kier molecular flexibility index (Phi) is 4.26. The number of allylic oxidation sites excluding steroid dienone is 1. The van der Waals surface area contributed by atoms with Gasteiger partial charge in [-0.2, -0.15) is 0 Å². The fraction of sp³-hybridized carbons (Fsp3) is 0.913. The van der Waals surface area contributed by atoms with Crippen molar-refractivity contribution in [3.8, 4) is 0 Å². The predicted molar refractivity (Wildman–Crippen MR) is 110 cm³/mol. The number of aliphatic hydroxyl groups is 2. The van der Waals surface area contributed by atoms with Crippen molar-refractivity contribution in [2.75, 3.05) is 13.2 Å². The molecule has 1 saturated heterocycles. The molecular weight excluding hydrogens is 351 g/mol. The fourth-order valence-corrected chi connectivity index (χ4v) is 8.53. The van der Waals surface area contributed by atoms with Crippen molar-refractivity contribution in [2.24, 2.45) is 34.5 Å². The summed E-state index contributed by atoms with van der Waals surface area (Å²) in [5.41, 5.74) is 0.920. The van der Waals surface area contributed by atoms with Crippen molar-refractivity contribution >= 4 is 7.85 Å². The van der Waals surface area contributed by atoms with Crippen LogP contribution in [0.15, 0.2) is 11.6 Å². The van der Waals surface area contributed by atoms with Gasteiger partial charge in [-0.15, -0.1) is 0 Å². The van der Waals surface area contributed by atoms with Gasteiger partial charge in [0.15, 0.2) is 5.79 Å². The summed E-state index contributed by atoms with van der Waals surface area (Å²) in [6.45, 7) is 8.27. The smallest absolute Gasteiger partial charge is 0.169 e. The third-order valence-electron chi connectivity index (χ3n) is 9.80. The Morgan fingerprint density at radius 1 is 1.11 bits per heavy atom. The van der Waals surface area contributed by atoms with Crippen molar-refractivity contribution in [3.63, 3.8) is 0 Å². The van der Waals surface area contributed by atoms with Crippen molar-refractivity contribution in [1.82, 2.24) is 0 Å². The number of aliphatic hydroxyl groups excluding tert-OH is 1. The lowest BCUT2D eigenvalue weighted by Crippen LogP contribution is -2.59. The zero-order valence-electron chi connectivity index (χ0n) is 18.0. The monoisotopic (exact) mass is 388 g/mol. The molecule has 2 N–H and O–H groups in total. The standard InChI is InChI=1S/C23H37BO4/c1-20-8-9-23(24,26)12-14(20)4-5-15-16-6-7-18(22(3)27-10-11-28-22)21(16,2)13-17(25)19(15)20/h4,15-19,25-26H,5-13,24H2,1-3H3. The normalized spacial score (nSPS) is 55.2. The minimum Gasteiger partial charge on any atom is -0.399 e. The molecular formula is C23H37BO4. The summed E-state index contributed by atoms with van der Waals surface area (Å²) in [6, 6.07) is 0. The van der Waals surface area contributed by atoms with E-state index in [0.717, 1.165) is 38.5 Å². The number of fused-ring (bicyclic) bond motifs is 5. The largest absolute Gasteiger partial charge is 0.399 e. The Labute approximate surface area is 170 Å². The molecule has 4 fully saturated rings. The van der Waals surface area contributed by atoms with Gasteiger partial charge in [-0.3, -0.25) is 0 Å². The zero-order chi connectivity index (χ0) is 19.9. The van der Waals surface area contributed by atoms with E-state index >= 15 is 0 Å². The molecule has 5 aliphatic rings. The Morgan fingerprint density at radius 2 is 1.82 bits per heavy atom. The first-order valence-electron chi connectivity index (χ1n) is 11.5. The number of ether oxygens (including phenoxy) is 2. The van der Waals surface area contributed by atoms with Gasteiger partial charge in [0.05, 0.1) is 19.3 Å². The van der Waals surface area contributed by atoms with Crippen molar-refractivity contribution in [3.05, 3.63) is 11.6 Å². The van der Waals surface area contributed by atoms with E-state index in [1.54, 1.807) is 0 Å². The van der Waals surface area contributed by atoms with E-state index in [9.17, 15) is 10.2 Å². The van der Waals surface area contributed by atoms with Crippen LogP contribution in [0.5, 0.6) is 0 Å². The maximum absolute atomic E-state index is 11.5. The second-order valence-corrected chi connectivity index (χ2v) is 11.5. The molecule has 1 heterocycles. The molecule has 3 saturated carbocycles. The van der Waals surface area contributed by atoms with Crippen LogP contribution < -0.4 is 0 Å². The highest BCUT2D eigenvalue weighted by Gasteiger charge is 2.65. The molecule has 1 aliphatic heterocycles. The minimum absolute atomic E-state index is 0.0360. The minimum atomic E-state index is -0.587. The first kappa shape index (κ1) is 19.6. The third kappa shape index (κ3) is 2.58. The van der Waals surface area contributed by atoms with Crippen LogP contribution in [0.4, 0.5) is 0 Å². The van der Waals surface area contributed by atoms with E-state index in [0.29, 0.717) is 36.9 Å². The van der Waals surface area contributed by atoms with Gasteiger partial charge in [-0.05, 0) is 80.5 Å². The van der Waals surface area contributed by atoms with Gasteiger partial charge in [0.2, 0.25) is 0 Å². The van der Waals surface area contributed by atoms with Gasteiger partial charge < -0.3 is 19.7 Å². The second-order valence-electron chi connectivity index (χ2n) is 11.5. The summed E-state index contributed by atoms with van der Waals surface area (Å²) in [6.07, 6.45) is 8.99. The lowest BCUT2D eigenvalue weighted by molar-refractivity contribution is -0.223. The van der Waals surface area contributed by atoms with Crippen molar-refractivity contribution in [1.29, 1.82) is 0 Å². The Balaban J connectivity index is 1.49. The molecule has 8 unspecified atom stereocenters. The molecule has 0 bridgehead atoms. The average molecular weight is 388 g/mol. The van der Waals surface area contributed by atoms with Crippen LogP contribution in [0.25, 0.3) is 0 Å². The van der Waals surface area contributed by atoms with Crippen LogP contribution in [0.3, 0.4) is 0 Å². The molecule has 0 aromatic heterocycles. The molecule has 0 aromatic carbocycles. The molecule has 5 rings (SSSR count). The van der Waals surface area contributed by atoms with Gasteiger partial charge >= 0.3 is 0 Å². The number of hydrogen-bond acceptors (Lipinski definition) is 4. The highest BCUT2D eigenvalue weighted by atomic mass is 16.7. The van der Waals surface area contributed by atoms with Gasteiger partial charge in [-0.25, -0.2) is 0 Å². The lowest BCUT2D eigenvalue weighted by atomic mass is 9.44. The molecule has 28 heavy (non-hydrogen) atoms. The highest BCUT2D eigenvalue weighted by Crippen LogP contribution is 2.68. The van der Waals surface area contributed by atoms with Crippen molar-refractivity contribution < 1.29 is 19.7 Å². The molecule has 0 radical (unpaired) electrons. The van der Waals surface area contributed by atoms with Crippen LogP contribution >= 0.6 is 0 Å². The first-order chi connectivity index (χ1) is 13.1. The molecule has 5 heteroatoms. The van der Waals surface area contributed by atoms with Gasteiger partial charge in [0.25, 0.3) is 0 Å². The third-order valence-corrected chi connectivity index (χ3v) is 9.80. The van der Waals surface area contributed by atoms with Crippen LogP contribution in [-0.2, 0) is 9.47 Å². The van der Waals surface area contributed by atoms with E-state index in [1.165, 1.54) is 12.0 Å². The number of rotatable bonds is 1. The van der Waals surface area contributed by atoms with Crippen molar-refractivity contribution in [2.45, 2.75) is 83.1 Å². The topological polar surface area (TPSA) is 58.9 Å². The van der Waals surface area contributed by atoms with E-state index in [-0.39, 0.29) is 16.9 Å². The maximum atomic E-state index is 11.5. The second kappa shape index (κ2) is 6.09. The number of hydrogen-bond donors (Lipinski definition) is 2. The summed E-state index contributed by atoms with van der Waals surface area (Å²) in [5, 5.41) is 22.2. The van der Waals surface area contributed by atoms with Gasteiger partial charge in [0, 0.05) is 11.4 Å². The predicted octanol–water partition coefficient (Wildman–Crippen LogP) is 2.62. The quantitative estimate of drug-likeness (QED) is 0.536.